The van der Waals surface area contributed by atoms with Crippen LogP contribution in [0.25, 0.3) is 17.3 Å². The van der Waals surface area contributed by atoms with Gasteiger partial charge in [0.1, 0.15) is 22.9 Å². The van der Waals surface area contributed by atoms with E-state index < -0.39 is 20.8 Å². The molecular formula is C25H26ClN5O6S. The Labute approximate surface area is 224 Å². The second-order valence-electron chi connectivity index (χ2n) is 8.41. The van der Waals surface area contributed by atoms with Crippen LogP contribution in [0.2, 0.25) is 5.02 Å². The van der Waals surface area contributed by atoms with Gasteiger partial charge in [0.25, 0.3) is 0 Å². The smallest absolute Gasteiger partial charge is 0.221 e. The van der Waals surface area contributed by atoms with Crippen molar-refractivity contribution in [1.29, 1.82) is 0 Å². The summed E-state index contributed by atoms with van der Waals surface area (Å²) in [6.45, 7) is 2.92. The highest BCUT2D eigenvalue weighted by Gasteiger charge is 2.30. The third-order valence-electron chi connectivity index (χ3n) is 5.77. The van der Waals surface area contributed by atoms with Gasteiger partial charge in [-0.3, -0.25) is 14.3 Å². The summed E-state index contributed by atoms with van der Waals surface area (Å²) >= 11 is 6.03. The molecule has 4 aromatic rings. The highest BCUT2D eigenvalue weighted by atomic mass is 35.5. The van der Waals surface area contributed by atoms with Crippen LogP contribution in [-0.4, -0.2) is 53.5 Å². The van der Waals surface area contributed by atoms with Crippen molar-refractivity contribution in [3.63, 3.8) is 0 Å². The second kappa shape index (κ2) is 11.2. The molecule has 0 saturated heterocycles. The van der Waals surface area contributed by atoms with Crippen LogP contribution in [0.1, 0.15) is 25.4 Å². The van der Waals surface area contributed by atoms with E-state index in [1.807, 2.05) is 0 Å². The lowest BCUT2D eigenvalue weighted by molar-refractivity contribution is -0.114. The Morgan fingerprint density at radius 2 is 1.87 bits per heavy atom. The number of carbonyl (C=O) groups is 1. The number of rotatable bonds is 10. The predicted molar refractivity (Wildman–Crippen MR) is 142 cm³/mol. The predicted octanol–water partition coefficient (Wildman–Crippen LogP) is 4.10. The number of ether oxygens (including phenoxy) is 2. The molecule has 0 unspecified atom stereocenters. The third kappa shape index (κ3) is 5.65. The molecule has 0 saturated carbocycles. The number of pyridine rings is 1. The fraction of sp³-hybridized carbons (Fsp3) is 0.280. The summed E-state index contributed by atoms with van der Waals surface area (Å²) in [4.78, 5) is 15.9. The molecule has 38 heavy (non-hydrogen) atoms. The topological polar surface area (TPSA) is 138 Å². The van der Waals surface area contributed by atoms with Crippen molar-refractivity contribution in [1.82, 2.24) is 19.7 Å². The Bertz CT molecular complexity index is 1530. The summed E-state index contributed by atoms with van der Waals surface area (Å²) in [6, 6.07) is 10.1. The Morgan fingerprint density at radius 1 is 1.16 bits per heavy atom. The van der Waals surface area contributed by atoms with Crippen LogP contribution < -0.4 is 14.8 Å². The molecule has 0 bridgehead atoms. The SMILES string of the molecule is COc1cccc(OC)c1-n1c(CS(=O)(=O)[C@H](C)Cc2ncc(Cl)cc2NC(C)=O)nnc1-c1ccco1. The van der Waals surface area contributed by atoms with Crippen LogP contribution in [0.15, 0.2) is 53.3 Å². The van der Waals surface area contributed by atoms with Crippen LogP contribution >= 0.6 is 11.6 Å². The Kier molecular flexibility index (Phi) is 8.02. The van der Waals surface area contributed by atoms with Crippen LogP contribution in [0.3, 0.4) is 0 Å². The van der Waals surface area contributed by atoms with Crippen molar-refractivity contribution >= 4 is 33.0 Å². The number of sulfone groups is 1. The van der Waals surface area contributed by atoms with Crippen molar-refractivity contribution < 1.29 is 27.1 Å². The fourth-order valence-corrected chi connectivity index (χ4v) is 5.31. The molecule has 1 atom stereocenters. The number of nitrogens with zero attached hydrogens (tertiary/aromatic N) is 4. The van der Waals surface area contributed by atoms with Gasteiger partial charge in [0, 0.05) is 19.5 Å². The summed E-state index contributed by atoms with van der Waals surface area (Å²) in [7, 11) is -0.814. The van der Waals surface area contributed by atoms with E-state index in [-0.39, 0.29) is 24.0 Å². The van der Waals surface area contributed by atoms with Gasteiger partial charge < -0.3 is 19.2 Å². The molecule has 1 aromatic carbocycles. The molecule has 0 spiro atoms. The molecule has 1 N–H and O–H groups in total. The Balaban J connectivity index is 1.75. The van der Waals surface area contributed by atoms with Gasteiger partial charge >= 0.3 is 0 Å². The second-order valence-corrected chi connectivity index (χ2v) is 11.3. The number of benzene rings is 1. The zero-order valence-electron chi connectivity index (χ0n) is 21.1. The zero-order valence-corrected chi connectivity index (χ0v) is 22.7. The molecule has 4 rings (SSSR count). The molecule has 0 fully saturated rings. The Morgan fingerprint density at radius 3 is 2.47 bits per heavy atom. The van der Waals surface area contributed by atoms with Gasteiger partial charge in [0.15, 0.2) is 21.4 Å². The number of hydrogen-bond donors (Lipinski definition) is 1. The maximum Gasteiger partial charge on any atom is 0.221 e. The van der Waals surface area contributed by atoms with Gasteiger partial charge in [0.2, 0.25) is 11.7 Å². The van der Waals surface area contributed by atoms with E-state index in [0.717, 1.165) is 0 Å². The highest BCUT2D eigenvalue weighted by Crippen LogP contribution is 2.37. The first kappa shape index (κ1) is 27.1. The van der Waals surface area contributed by atoms with Gasteiger partial charge in [-0.1, -0.05) is 17.7 Å². The molecule has 3 heterocycles. The molecule has 0 aliphatic rings. The number of halogens is 1. The highest BCUT2D eigenvalue weighted by molar-refractivity contribution is 7.91. The third-order valence-corrected chi connectivity index (χ3v) is 8.03. The van der Waals surface area contributed by atoms with E-state index in [4.69, 9.17) is 25.5 Å². The number of carbonyl (C=O) groups excluding carboxylic acids is 1. The van der Waals surface area contributed by atoms with Crippen molar-refractivity contribution in [3.05, 3.63) is 65.4 Å². The zero-order chi connectivity index (χ0) is 27.4. The minimum atomic E-state index is -3.81. The summed E-state index contributed by atoms with van der Waals surface area (Å²) in [5.74, 6) is 0.872. The van der Waals surface area contributed by atoms with Gasteiger partial charge in [-0.05, 0) is 37.3 Å². The van der Waals surface area contributed by atoms with Crippen molar-refractivity contribution in [2.24, 2.45) is 0 Å². The maximum absolute atomic E-state index is 13.6. The van der Waals surface area contributed by atoms with Gasteiger partial charge in [-0.15, -0.1) is 10.2 Å². The van der Waals surface area contributed by atoms with Gasteiger partial charge in [-0.2, -0.15) is 0 Å². The lowest BCUT2D eigenvalue weighted by atomic mass is 10.2. The molecule has 200 valence electrons. The molecule has 0 aliphatic carbocycles. The van der Waals surface area contributed by atoms with Crippen molar-refractivity contribution in [3.8, 4) is 28.8 Å². The molecule has 0 radical (unpaired) electrons. The van der Waals surface area contributed by atoms with Gasteiger partial charge in [-0.25, -0.2) is 8.42 Å². The summed E-state index contributed by atoms with van der Waals surface area (Å²) in [5, 5.41) is 10.5. The van der Waals surface area contributed by atoms with Crippen LogP contribution in [0, 0.1) is 0 Å². The van der Waals surface area contributed by atoms with Crippen LogP contribution in [-0.2, 0) is 26.8 Å². The monoisotopic (exact) mass is 559 g/mol. The normalized spacial score (nSPS) is 12.2. The number of anilines is 1. The van der Waals surface area contributed by atoms with E-state index in [1.54, 1.807) is 41.8 Å². The maximum atomic E-state index is 13.6. The number of aromatic nitrogens is 4. The van der Waals surface area contributed by atoms with Crippen molar-refractivity contribution in [2.75, 3.05) is 19.5 Å². The minimum Gasteiger partial charge on any atom is -0.494 e. The first-order chi connectivity index (χ1) is 18.1. The number of para-hydroxylation sites is 1. The quantitative estimate of drug-likeness (QED) is 0.304. The van der Waals surface area contributed by atoms with Crippen LogP contribution in [0.4, 0.5) is 5.69 Å². The molecule has 13 heteroatoms. The Hall–Kier alpha value is -3.90. The number of amides is 1. The number of hydrogen-bond acceptors (Lipinski definition) is 9. The largest absolute Gasteiger partial charge is 0.494 e. The average molecular weight is 560 g/mol. The number of nitrogens with one attached hydrogen (secondary N) is 1. The summed E-state index contributed by atoms with van der Waals surface area (Å²) in [6.07, 6.45) is 2.92. The average Bonchev–Trinajstić information content (AvgIpc) is 3.54. The molecule has 1 amide bonds. The molecule has 0 aliphatic heterocycles. The standard InChI is InChI=1S/C25H26ClN5O6S/c1-15(11-18-19(28-16(2)32)12-17(26)13-27-18)38(33,34)14-23-29-30-25(22-9-6-10-37-22)31(23)24-20(35-3)7-5-8-21(24)36-4/h5-10,12-13,15H,11,14H2,1-4H3,(H,28,32)/t15-/m1/s1. The minimum absolute atomic E-state index is 0.0340. The first-order valence-corrected chi connectivity index (χ1v) is 13.6. The van der Waals surface area contributed by atoms with E-state index in [2.05, 4.69) is 20.5 Å². The first-order valence-electron chi connectivity index (χ1n) is 11.5. The molecular weight excluding hydrogens is 534 g/mol. The van der Waals surface area contributed by atoms with E-state index in [9.17, 15) is 13.2 Å². The van der Waals surface area contributed by atoms with E-state index in [1.165, 1.54) is 39.7 Å². The fourth-order valence-electron chi connectivity index (χ4n) is 3.91. The van der Waals surface area contributed by atoms with Crippen molar-refractivity contribution in [2.45, 2.75) is 31.3 Å². The van der Waals surface area contributed by atoms with E-state index >= 15 is 0 Å². The summed E-state index contributed by atoms with van der Waals surface area (Å²) in [5.41, 5.74) is 1.18. The number of furan rings is 1. The lowest BCUT2D eigenvalue weighted by Gasteiger charge is -2.18. The van der Waals surface area contributed by atoms with Crippen LogP contribution in [0.5, 0.6) is 11.5 Å². The summed E-state index contributed by atoms with van der Waals surface area (Å²) < 4.78 is 45.4. The number of methoxy groups -OCH3 is 2. The molecule has 3 aromatic heterocycles. The molecule has 11 nitrogen and oxygen atoms in total. The lowest BCUT2D eigenvalue weighted by Crippen LogP contribution is -2.25. The van der Waals surface area contributed by atoms with E-state index in [0.29, 0.717) is 39.4 Å². The van der Waals surface area contributed by atoms with Gasteiger partial charge in [0.05, 0.1) is 42.1 Å².